The Morgan fingerprint density at radius 2 is 2.20 bits per heavy atom. The Labute approximate surface area is 125 Å². The second-order valence-corrected chi connectivity index (χ2v) is 5.58. The molecule has 2 aromatic rings. The Morgan fingerprint density at radius 3 is 2.90 bits per heavy atom. The van der Waals surface area contributed by atoms with E-state index >= 15 is 0 Å². The van der Waals surface area contributed by atoms with E-state index in [0.717, 1.165) is 12.0 Å². The number of carbonyl (C=O) groups is 1. The summed E-state index contributed by atoms with van der Waals surface area (Å²) in [5.41, 5.74) is 1.45. The second kappa shape index (κ2) is 5.42. The van der Waals surface area contributed by atoms with Crippen molar-refractivity contribution in [2.24, 2.45) is 0 Å². The molecule has 1 aromatic heterocycles. The minimum Gasteiger partial charge on any atom is -0.337 e. The lowest BCUT2D eigenvalue weighted by molar-refractivity contribution is 0.0785. The van der Waals surface area contributed by atoms with Crippen molar-refractivity contribution in [2.45, 2.75) is 12.3 Å². The highest BCUT2D eigenvalue weighted by Gasteiger charge is 2.29. The molecule has 1 saturated heterocycles. The lowest BCUT2D eigenvalue weighted by atomic mass is 9.99. The van der Waals surface area contributed by atoms with Crippen molar-refractivity contribution in [3.63, 3.8) is 0 Å². The zero-order valence-electron chi connectivity index (χ0n) is 10.5. The number of nitrogens with one attached hydrogen (secondary N) is 1. The Balaban J connectivity index is 1.73. The first-order valence-corrected chi connectivity index (χ1v) is 7.00. The summed E-state index contributed by atoms with van der Waals surface area (Å²) >= 11 is 12.0. The molecule has 1 unspecified atom stereocenters. The molecule has 7 heteroatoms. The molecule has 0 radical (unpaired) electrons. The molecule has 1 aliphatic heterocycles. The number of rotatable bonds is 2. The van der Waals surface area contributed by atoms with Crippen molar-refractivity contribution >= 4 is 29.1 Å². The fourth-order valence-electron chi connectivity index (χ4n) is 2.45. The van der Waals surface area contributed by atoms with Crippen molar-refractivity contribution < 1.29 is 4.79 Å². The molecular weight excluding hydrogens is 299 g/mol. The number of amides is 1. The van der Waals surface area contributed by atoms with Gasteiger partial charge in [-0.1, -0.05) is 29.3 Å². The molecule has 0 bridgehead atoms. The summed E-state index contributed by atoms with van der Waals surface area (Å²) in [7, 11) is 0. The fourth-order valence-corrected chi connectivity index (χ4v) is 2.76. The van der Waals surface area contributed by atoms with Crippen molar-refractivity contribution in [1.29, 1.82) is 0 Å². The van der Waals surface area contributed by atoms with E-state index in [1.54, 1.807) is 11.0 Å². The summed E-state index contributed by atoms with van der Waals surface area (Å²) in [6, 6.07) is 5.63. The largest absolute Gasteiger partial charge is 0.337 e. The van der Waals surface area contributed by atoms with Gasteiger partial charge in [0.15, 0.2) is 5.69 Å². The molecule has 1 fully saturated rings. The third kappa shape index (κ3) is 2.51. The first-order chi connectivity index (χ1) is 9.65. The Bertz CT molecular complexity index is 629. The monoisotopic (exact) mass is 310 g/mol. The molecule has 5 nitrogen and oxygen atoms in total. The van der Waals surface area contributed by atoms with Gasteiger partial charge in [-0.2, -0.15) is 15.4 Å². The quantitative estimate of drug-likeness (QED) is 0.927. The van der Waals surface area contributed by atoms with Crippen LogP contribution in [0.15, 0.2) is 24.4 Å². The van der Waals surface area contributed by atoms with Crippen molar-refractivity contribution in [3.05, 3.63) is 45.7 Å². The summed E-state index contributed by atoms with van der Waals surface area (Å²) in [6.07, 6.45) is 2.34. The van der Waals surface area contributed by atoms with Crippen molar-refractivity contribution in [2.75, 3.05) is 13.1 Å². The van der Waals surface area contributed by atoms with Gasteiger partial charge >= 0.3 is 0 Å². The Hall–Kier alpha value is -1.59. The third-order valence-electron chi connectivity index (χ3n) is 3.52. The molecule has 1 aliphatic rings. The minimum absolute atomic E-state index is 0.0960. The van der Waals surface area contributed by atoms with Crippen LogP contribution in [-0.4, -0.2) is 39.3 Å². The van der Waals surface area contributed by atoms with Gasteiger partial charge in [0.2, 0.25) is 0 Å². The van der Waals surface area contributed by atoms with Gasteiger partial charge in [-0.25, -0.2) is 0 Å². The SMILES string of the molecule is O=C(c1cn[nH]n1)N1CCC(c2ccc(Cl)c(Cl)c2)C1. The van der Waals surface area contributed by atoms with E-state index in [-0.39, 0.29) is 11.8 Å². The standard InChI is InChI=1S/C13H12Cl2N4O/c14-10-2-1-8(5-11(10)15)9-3-4-19(7-9)13(20)12-6-16-18-17-12/h1-2,5-6,9H,3-4,7H2,(H,16,17,18). The number of halogens is 2. The normalized spacial score (nSPS) is 18.5. The van der Waals surface area contributed by atoms with Gasteiger partial charge in [0.1, 0.15) is 0 Å². The summed E-state index contributed by atoms with van der Waals surface area (Å²) in [4.78, 5) is 13.9. The first-order valence-electron chi connectivity index (χ1n) is 6.25. The Kier molecular flexibility index (Phi) is 3.63. The van der Waals surface area contributed by atoms with Crippen LogP contribution in [0.3, 0.4) is 0 Å². The van der Waals surface area contributed by atoms with Crippen LogP contribution in [0.2, 0.25) is 10.0 Å². The molecule has 104 valence electrons. The number of hydrogen-bond acceptors (Lipinski definition) is 3. The van der Waals surface area contributed by atoms with Crippen LogP contribution in [0, 0.1) is 0 Å². The number of benzene rings is 1. The number of aromatic nitrogens is 3. The number of aromatic amines is 1. The number of carbonyl (C=O) groups excluding carboxylic acids is 1. The lowest BCUT2D eigenvalue weighted by Gasteiger charge is -2.15. The molecule has 0 aliphatic carbocycles. The van der Waals surface area contributed by atoms with Gasteiger partial charge in [0.05, 0.1) is 16.2 Å². The highest BCUT2D eigenvalue weighted by atomic mass is 35.5. The zero-order valence-corrected chi connectivity index (χ0v) is 12.0. The first kappa shape index (κ1) is 13.4. The maximum atomic E-state index is 12.2. The summed E-state index contributed by atoms with van der Waals surface area (Å²) in [5.74, 6) is 0.182. The molecular formula is C13H12Cl2N4O. The fraction of sp³-hybridized carbons (Fsp3) is 0.308. The second-order valence-electron chi connectivity index (χ2n) is 4.77. The smallest absolute Gasteiger partial charge is 0.276 e. The molecule has 1 N–H and O–H groups in total. The summed E-state index contributed by atoms with van der Waals surface area (Å²) in [5, 5.41) is 11.0. The van der Waals surface area contributed by atoms with Crippen molar-refractivity contribution in [3.8, 4) is 0 Å². The van der Waals surface area contributed by atoms with E-state index in [4.69, 9.17) is 23.2 Å². The van der Waals surface area contributed by atoms with Crippen LogP contribution in [0.4, 0.5) is 0 Å². The number of H-pyrrole nitrogens is 1. The van der Waals surface area contributed by atoms with Crippen LogP contribution >= 0.6 is 23.2 Å². The number of likely N-dealkylation sites (tertiary alicyclic amines) is 1. The van der Waals surface area contributed by atoms with Gasteiger partial charge in [0.25, 0.3) is 5.91 Å². The van der Waals surface area contributed by atoms with Crippen LogP contribution < -0.4 is 0 Å². The zero-order chi connectivity index (χ0) is 14.1. The molecule has 0 spiro atoms. The van der Waals surface area contributed by atoms with Gasteiger partial charge in [0, 0.05) is 19.0 Å². The van der Waals surface area contributed by atoms with Gasteiger partial charge in [-0.3, -0.25) is 4.79 Å². The van der Waals surface area contributed by atoms with Gasteiger partial charge in [-0.05, 0) is 24.1 Å². The highest BCUT2D eigenvalue weighted by molar-refractivity contribution is 6.42. The average Bonchev–Trinajstić information content (AvgIpc) is 3.11. The molecule has 0 saturated carbocycles. The van der Waals surface area contributed by atoms with Crippen LogP contribution in [0.5, 0.6) is 0 Å². The summed E-state index contributed by atoms with van der Waals surface area (Å²) < 4.78 is 0. The molecule has 2 heterocycles. The van der Waals surface area contributed by atoms with E-state index in [2.05, 4.69) is 15.4 Å². The summed E-state index contributed by atoms with van der Waals surface area (Å²) in [6.45, 7) is 1.36. The number of nitrogens with zero attached hydrogens (tertiary/aromatic N) is 3. The average molecular weight is 311 g/mol. The lowest BCUT2D eigenvalue weighted by Crippen LogP contribution is -2.28. The Morgan fingerprint density at radius 1 is 1.35 bits per heavy atom. The predicted octanol–water partition coefficient (Wildman–Crippen LogP) is 2.74. The molecule has 20 heavy (non-hydrogen) atoms. The molecule has 1 atom stereocenters. The highest BCUT2D eigenvalue weighted by Crippen LogP contribution is 2.32. The van der Waals surface area contributed by atoms with Crippen LogP contribution in [0.1, 0.15) is 28.4 Å². The van der Waals surface area contributed by atoms with Gasteiger partial charge < -0.3 is 4.90 Å². The third-order valence-corrected chi connectivity index (χ3v) is 4.26. The maximum absolute atomic E-state index is 12.2. The topological polar surface area (TPSA) is 61.9 Å². The maximum Gasteiger partial charge on any atom is 0.276 e. The van der Waals surface area contributed by atoms with E-state index in [1.165, 1.54) is 6.20 Å². The molecule has 1 aromatic carbocycles. The molecule has 1 amide bonds. The van der Waals surface area contributed by atoms with Crippen LogP contribution in [0.25, 0.3) is 0 Å². The van der Waals surface area contributed by atoms with E-state index < -0.39 is 0 Å². The number of hydrogen-bond donors (Lipinski definition) is 1. The predicted molar refractivity (Wildman–Crippen MR) is 76.1 cm³/mol. The van der Waals surface area contributed by atoms with Crippen LogP contribution in [-0.2, 0) is 0 Å². The van der Waals surface area contributed by atoms with E-state index in [1.807, 2.05) is 12.1 Å². The van der Waals surface area contributed by atoms with E-state index in [0.29, 0.717) is 28.8 Å². The van der Waals surface area contributed by atoms with Crippen molar-refractivity contribution in [1.82, 2.24) is 20.3 Å². The minimum atomic E-state index is -0.0960. The van der Waals surface area contributed by atoms with Gasteiger partial charge in [-0.15, -0.1) is 0 Å². The van der Waals surface area contributed by atoms with E-state index in [9.17, 15) is 4.79 Å². The molecule has 3 rings (SSSR count).